The van der Waals surface area contributed by atoms with Crippen LogP contribution in [0.3, 0.4) is 0 Å². The van der Waals surface area contributed by atoms with E-state index >= 15 is 0 Å². The number of rotatable bonds is 2. The van der Waals surface area contributed by atoms with Gasteiger partial charge in [0.1, 0.15) is 6.33 Å². The molecule has 0 saturated heterocycles. The Labute approximate surface area is 164 Å². The molecule has 28 heavy (non-hydrogen) atoms. The molecule has 0 bridgehead atoms. The van der Waals surface area contributed by atoms with Crippen LogP contribution in [-0.4, -0.2) is 21.2 Å². The molecule has 0 unspecified atom stereocenters. The van der Waals surface area contributed by atoms with Crippen molar-refractivity contribution >= 4 is 11.6 Å². The fraction of sp³-hybridized carbons (Fsp3) is 0.174. The number of hydrogen-bond donors (Lipinski definition) is 1. The van der Waals surface area contributed by atoms with E-state index in [9.17, 15) is 4.79 Å². The molecule has 1 amide bonds. The fourth-order valence-corrected chi connectivity index (χ4v) is 3.27. The highest BCUT2D eigenvalue weighted by Gasteiger charge is 2.24. The lowest BCUT2D eigenvalue weighted by molar-refractivity contribution is 0.0995. The normalized spacial score (nSPS) is 11.7. The highest BCUT2D eigenvalue weighted by atomic mass is 16.1. The first-order valence-electron chi connectivity index (χ1n) is 9.18. The van der Waals surface area contributed by atoms with Crippen molar-refractivity contribution in [2.24, 2.45) is 10.7 Å². The van der Waals surface area contributed by atoms with E-state index in [1.807, 2.05) is 67.8 Å². The van der Waals surface area contributed by atoms with Gasteiger partial charge in [-0.3, -0.25) is 14.4 Å². The first-order chi connectivity index (χ1) is 13.6. The van der Waals surface area contributed by atoms with Gasteiger partial charge in [-0.25, -0.2) is 4.98 Å². The fourth-order valence-electron chi connectivity index (χ4n) is 3.27. The Balaban J connectivity index is 0.00000109. The summed E-state index contributed by atoms with van der Waals surface area (Å²) in [5.74, 6) is 2.12. The molecule has 1 aromatic heterocycles. The minimum absolute atomic E-state index is 0.242. The lowest BCUT2D eigenvalue weighted by Crippen LogP contribution is -2.14. The number of carbonyl (C=O) groups is 1. The SMILES string of the molecule is C#Cc1ccc2c(c1)C(c1ccccc1C)=NCc1c(C(N)=O)ncn1-2.CC. The van der Waals surface area contributed by atoms with E-state index in [-0.39, 0.29) is 5.69 Å². The summed E-state index contributed by atoms with van der Waals surface area (Å²) >= 11 is 0. The smallest absolute Gasteiger partial charge is 0.269 e. The molecule has 2 N–H and O–H groups in total. The standard InChI is InChI=1S/C21H16N4O.C2H6/c1-3-14-8-9-17-16(10-14)19(15-7-5-4-6-13(15)2)23-11-18-20(21(22)26)24-12-25(17)18;1-2/h1,4-10,12H,11H2,2H3,(H2,22,26);1-2H3. The highest BCUT2D eigenvalue weighted by Crippen LogP contribution is 2.28. The molecule has 0 radical (unpaired) electrons. The quantitative estimate of drug-likeness (QED) is 0.700. The van der Waals surface area contributed by atoms with E-state index in [1.54, 1.807) is 6.33 Å². The molecule has 140 valence electrons. The molecule has 4 rings (SSSR count). The summed E-state index contributed by atoms with van der Waals surface area (Å²) in [6, 6.07) is 13.8. The Morgan fingerprint density at radius 2 is 1.93 bits per heavy atom. The van der Waals surface area contributed by atoms with Crippen molar-refractivity contribution in [2.45, 2.75) is 27.3 Å². The Kier molecular flexibility index (Phi) is 5.42. The molecule has 1 aliphatic heterocycles. The van der Waals surface area contributed by atoms with Gasteiger partial charge in [0.2, 0.25) is 0 Å². The van der Waals surface area contributed by atoms with Crippen LogP contribution in [0.15, 0.2) is 53.8 Å². The van der Waals surface area contributed by atoms with E-state index in [0.29, 0.717) is 12.2 Å². The van der Waals surface area contributed by atoms with Crippen molar-refractivity contribution in [1.82, 2.24) is 9.55 Å². The summed E-state index contributed by atoms with van der Waals surface area (Å²) in [4.78, 5) is 20.7. The third kappa shape index (κ3) is 3.21. The molecule has 5 nitrogen and oxygen atoms in total. The number of benzene rings is 2. The van der Waals surface area contributed by atoms with Gasteiger partial charge in [-0.15, -0.1) is 6.42 Å². The van der Waals surface area contributed by atoms with Crippen LogP contribution >= 0.6 is 0 Å². The number of carbonyl (C=O) groups excluding carboxylic acids is 1. The molecule has 0 atom stereocenters. The van der Waals surface area contributed by atoms with Gasteiger partial charge in [0.05, 0.1) is 23.6 Å². The maximum Gasteiger partial charge on any atom is 0.269 e. The molecule has 2 aromatic carbocycles. The van der Waals surface area contributed by atoms with Crippen LogP contribution in [0.2, 0.25) is 0 Å². The molecule has 1 aliphatic rings. The van der Waals surface area contributed by atoms with E-state index in [0.717, 1.165) is 33.7 Å². The largest absolute Gasteiger partial charge is 0.364 e. The number of primary amides is 1. The third-order valence-corrected chi connectivity index (χ3v) is 4.56. The summed E-state index contributed by atoms with van der Waals surface area (Å²) in [6.45, 7) is 6.35. The van der Waals surface area contributed by atoms with E-state index in [4.69, 9.17) is 17.1 Å². The molecule has 0 aliphatic carbocycles. The summed E-state index contributed by atoms with van der Waals surface area (Å²) in [7, 11) is 0. The summed E-state index contributed by atoms with van der Waals surface area (Å²) in [5.41, 5.74) is 11.9. The number of imidazole rings is 1. The third-order valence-electron chi connectivity index (χ3n) is 4.56. The molecule has 2 heterocycles. The number of aromatic nitrogens is 2. The van der Waals surface area contributed by atoms with Crippen LogP contribution in [-0.2, 0) is 6.54 Å². The molecule has 5 heteroatoms. The number of terminal acetylenes is 1. The van der Waals surface area contributed by atoms with Gasteiger partial charge in [0.25, 0.3) is 5.91 Å². The number of nitrogens with two attached hydrogens (primary N) is 1. The summed E-state index contributed by atoms with van der Waals surface area (Å²) < 4.78 is 1.87. The number of fused-ring (bicyclic) bond motifs is 3. The summed E-state index contributed by atoms with van der Waals surface area (Å²) in [6.07, 6.45) is 7.22. The first-order valence-corrected chi connectivity index (χ1v) is 9.18. The van der Waals surface area contributed by atoms with Crippen molar-refractivity contribution in [3.8, 4) is 18.0 Å². The highest BCUT2D eigenvalue weighted by molar-refractivity contribution is 6.16. The van der Waals surface area contributed by atoms with Crippen molar-refractivity contribution in [2.75, 3.05) is 0 Å². The maximum atomic E-state index is 11.7. The van der Waals surface area contributed by atoms with Crippen LogP contribution in [0, 0.1) is 19.3 Å². The number of nitrogens with zero attached hydrogens (tertiary/aromatic N) is 3. The zero-order chi connectivity index (χ0) is 20.3. The molecule has 0 fully saturated rings. The van der Waals surface area contributed by atoms with Crippen LogP contribution in [0.5, 0.6) is 0 Å². The Hall–Kier alpha value is -3.65. The van der Waals surface area contributed by atoms with Gasteiger partial charge in [-0.2, -0.15) is 0 Å². The topological polar surface area (TPSA) is 73.3 Å². The average molecular weight is 370 g/mol. The maximum absolute atomic E-state index is 11.7. The van der Waals surface area contributed by atoms with Crippen LogP contribution in [0.25, 0.3) is 5.69 Å². The van der Waals surface area contributed by atoms with Gasteiger partial charge in [-0.1, -0.05) is 44.0 Å². The zero-order valence-electron chi connectivity index (χ0n) is 16.2. The molecule has 3 aromatic rings. The number of aliphatic imine (C=N–C) groups is 1. The first kappa shape index (κ1) is 19.1. The zero-order valence-corrected chi connectivity index (χ0v) is 16.2. The minimum Gasteiger partial charge on any atom is -0.364 e. The molecular weight excluding hydrogens is 348 g/mol. The van der Waals surface area contributed by atoms with E-state index in [2.05, 4.69) is 10.9 Å². The van der Waals surface area contributed by atoms with Crippen LogP contribution < -0.4 is 5.73 Å². The van der Waals surface area contributed by atoms with Crippen molar-refractivity contribution < 1.29 is 4.79 Å². The Bertz CT molecular complexity index is 1120. The lowest BCUT2D eigenvalue weighted by Gasteiger charge is -2.13. The van der Waals surface area contributed by atoms with Crippen LogP contribution in [0.4, 0.5) is 0 Å². The monoisotopic (exact) mass is 370 g/mol. The Morgan fingerprint density at radius 3 is 2.61 bits per heavy atom. The van der Waals surface area contributed by atoms with Gasteiger partial charge in [-0.05, 0) is 30.7 Å². The predicted octanol–water partition coefficient (Wildman–Crippen LogP) is 3.64. The number of aryl methyl sites for hydroxylation is 1. The molecule has 0 spiro atoms. The predicted molar refractivity (Wildman–Crippen MR) is 112 cm³/mol. The lowest BCUT2D eigenvalue weighted by atomic mass is 9.95. The number of hydrogen-bond acceptors (Lipinski definition) is 3. The van der Waals surface area contributed by atoms with Crippen molar-refractivity contribution in [3.05, 3.63) is 82.4 Å². The van der Waals surface area contributed by atoms with Gasteiger partial charge in [0.15, 0.2) is 5.69 Å². The van der Waals surface area contributed by atoms with Gasteiger partial charge in [0, 0.05) is 16.7 Å². The Morgan fingerprint density at radius 1 is 1.18 bits per heavy atom. The van der Waals surface area contributed by atoms with Gasteiger partial charge < -0.3 is 5.73 Å². The van der Waals surface area contributed by atoms with Crippen LogP contribution in [0.1, 0.15) is 52.3 Å². The van der Waals surface area contributed by atoms with Gasteiger partial charge >= 0.3 is 0 Å². The summed E-state index contributed by atoms with van der Waals surface area (Å²) in [5, 5.41) is 0. The van der Waals surface area contributed by atoms with Crippen molar-refractivity contribution in [3.63, 3.8) is 0 Å². The van der Waals surface area contributed by atoms with E-state index in [1.165, 1.54) is 0 Å². The molecular formula is C23H22N4O. The second-order valence-corrected chi connectivity index (χ2v) is 6.13. The minimum atomic E-state index is -0.560. The second kappa shape index (κ2) is 7.93. The van der Waals surface area contributed by atoms with Crippen molar-refractivity contribution in [1.29, 1.82) is 0 Å². The molecule has 0 saturated carbocycles. The van der Waals surface area contributed by atoms with E-state index < -0.39 is 5.91 Å². The number of amides is 1. The second-order valence-electron chi connectivity index (χ2n) is 6.13. The average Bonchev–Trinajstić information content (AvgIpc) is 3.08.